The first kappa shape index (κ1) is 10.4. The van der Waals surface area contributed by atoms with E-state index in [0.29, 0.717) is 5.46 Å². The highest BCUT2D eigenvalue weighted by Crippen LogP contribution is 1.86. The Morgan fingerprint density at radius 1 is 1.38 bits per heavy atom. The molecule has 0 aliphatic carbocycles. The van der Waals surface area contributed by atoms with Crippen LogP contribution < -0.4 is 10.3 Å². The molecule has 3 N–H and O–H groups in total. The van der Waals surface area contributed by atoms with Crippen molar-refractivity contribution in [2.75, 3.05) is 0 Å². The second-order valence-corrected chi connectivity index (χ2v) is 2.88. The Morgan fingerprint density at radius 2 is 2.00 bits per heavy atom. The van der Waals surface area contributed by atoms with Crippen LogP contribution in [-0.2, 0) is 16.0 Å². The van der Waals surface area contributed by atoms with E-state index in [1.807, 2.05) is 0 Å². The molecule has 0 radical (unpaired) electrons. The van der Waals surface area contributed by atoms with Gasteiger partial charge in [0.15, 0.2) is 0 Å². The summed E-state index contributed by atoms with van der Waals surface area (Å²) in [5, 5.41) is 9.24. The smallest absolute Gasteiger partial charge is 0.422 e. The summed E-state index contributed by atoms with van der Waals surface area (Å²) in [6.07, 6.45) is 0. The van der Waals surface area contributed by atoms with Crippen molar-refractivity contribution in [1.82, 2.24) is 4.89 Å². The molecule has 1 atom stereocenters. The lowest BCUT2D eigenvalue weighted by molar-refractivity contribution is 0.226. The first-order valence-electron chi connectivity index (χ1n) is 3.45. The van der Waals surface area contributed by atoms with Gasteiger partial charge in [0.2, 0.25) is 0 Å². The lowest BCUT2D eigenvalue weighted by Crippen LogP contribution is -2.38. The van der Waals surface area contributed by atoms with E-state index in [9.17, 15) is 9.23 Å². The van der Waals surface area contributed by atoms with E-state index in [0.717, 1.165) is 0 Å². The van der Waals surface area contributed by atoms with E-state index in [1.165, 1.54) is 0 Å². The third-order valence-electron chi connectivity index (χ3n) is 1.32. The molecule has 70 valence electrons. The van der Waals surface area contributed by atoms with Gasteiger partial charge in [0.25, 0.3) is 11.3 Å². The number of nitrogens with one attached hydrogen (secondary N) is 1. The predicted octanol–water partition coefficient (Wildman–Crippen LogP) is -0.968. The number of hydrogen-bond acceptors (Lipinski definition) is 3. The second kappa shape index (κ2) is 5.10. The summed E-state index contributed by atoms with van der Waals surface area (Å²) in [5.41, 5.74) is 0.500. The zero-order valence-electron chi connectivity index (χ0n) is 6.58. The van der Waals surface area contributed by atoms with Gasteiger partial charge in [-0.25, -0.2) is 4.21 Å². The van der Waals surface area contributed by atoms with Gasteiger partial charge in [-0.3, -0.25) is 4.55 Å². The van der Waals surface area contributed by atoms with Crippen LogP contribution in [0.4, 0.5) is 0 Å². The van der Waals surface area contributed by atoms with E-state index in [2.05, 4.69) is 4.76 Å². The lowest BCUT2D eigenvalue weighted by atomic mass is 9.80. The summed E-state index contributed by atoms with van der Waals surface area (Å²) >= 11 is -2.29. The first-order valence-corrected chi connectivity index (χ1v) is 4.56. The zero-order chi connectivity index (χ0) is 9.68. The fraction of sp³-hybridized carbons (Fsp3) is 0. The minimum atomic E-state index is -2.29. The second-order valence-electron chi connectivity index (χ2n) is 2.21. The van der Waals surface area contributed by atoms with Crippen LogP contribution in [0.25, 0.3) is 0 Å². The van der Waals surface area contributed by atoms with E-state index in [4.69, 9.17) is 4.55 Å². The van der Waals surface area contributed by atoms with Crippen LogP contribution >= 0.6 is 0 Å². The number of hydrogen-bond donors (Lipinski definition) is 3. The third kappa shape index (κ3) is 3.66. The summed E-state index contributed by atoms with van der Waals surface area (Å²) in [6, 6.07) is 8.49. The molecule has 5 nitrogen and oxygen atoms in total. The van der Waals surface area contributed by atoms with Crippen molar-refractivity contribution in [2.45, 2.75) is 0 Å². The van der Waals surface area contributed by atoms with E-state index in [-0.39, 0.29) is 0 Å². The van der Waals surface area contributed by atoms with E-state index < -0.39 is 18.4 Å². The predicted molar refractivity (Wildman–Crippen MR) is 49.0 cm³/mol. The van der Waals surface area contributed by atoms with E-state index >= 15 is 0 Å². The van der Waals surface area contributed by atoms with E-state index in [1.54, 1.807) is 35.2 Å². The molecule has 0 aliphatic rings. The monoisotopic (exact) mass is 201 g/mol. The topological polar surface area (TPSA) is 78.8 Å². The quantitative estimate of drug-likeness (QED) is 0.332. The Bertz CT molecular complexity index is 283. The molecule has 0 amide bonds. The molecule has 0 heterocycles. The van der Waals surface area contributed by atoms with Crippen LogP contribution in [0.5, 0.6) is 0 Å². The summed E-state index contributed by atoms with van der Waals surface area (Å²) in [4.78, 5) is 1.72. The average molecular weight is 201 g/mol. The van der Waals surface area contributed by atoms with Gasteiger partial charge in [-0.2, -0.15) is 0 Å². The molecule has 0 saturated carbocycles. The molecule has 1 unspecified atom stereocenters. The van der Waals surface area contributed by atoms with Crippen LogP contribution in [0, 0.1) is 0 Å². The lowest BCUT2D eigenvalue weighted by Gasteiger charge is -2.05. The van der Waals surface area contributed by atoms with Crippen molar-refractivity contribution < 1.29 is 18.5 Å². The molecule has 1 rings (SSSR count). The van der Waals surface area contributed by atoms with Crippen molar-refractivity contribution in [3.63, 3.8) is 0 Å². The Hall–Kier alpha value is -0.725. The van der Waals surface area contributed by atoms with Gasteiger partial charge in [0, 0.05) is 0 Å². The van der Waals surface area contributed by atoms with Crippen molar-refractivity contribution in [1.29, 1.82) is 0 Å². The maximum atomic E-state index is 10.1. The van der Waals surface area contributed by atoms with Crippen LogP contribution in [0.1, 0.15) is 0 Å². The highest BCUT2D eigenvalue weighted by molar-refractivity contribution is 7.77. The van der Waals surface area contributed by atoms with Crippen LogP contribution in [0.3, 0.4) is 0 Å². The summed E-state index contributed by atoms with van der Waals surface area (Å²) in [7, 11) is -1.25. The van der Waals surface area contributed by atoms with Crippen molar-refractivity contribution in [3.05, 3.63) is 30.3 Å². The zero-order valence-corrected chi connectivity index (χ0v) is 7.40. The third-order valence-corrected chi connectivity index (χ3v) is 1.55. The molecule has 0 aromatic heterocycles. The van der Waals surface area contributed by atoms with Crippen LogP contribution in [0.2, 0.25) is 0 Å². The molecular weight excluding hydrogens is 193 g/mol. The van der Waals surface area contributed by atoms with Crippen LogP contribution in [-0.4, -0.2) is 20.9 Å². The minimum Gasteiger partial charge on any atom is -0.422 e. The van der Waals surface area contributed by atoms with Crippen molar-refractivity contribution in [2.24, 2.45) is 0 Å². The molecule has 13 heavy (non-hydrogen) atoms. The Morgan fingerprint density at radius 3 is 2.54 bits per heavy atom. The minimum absolute atomic E-state index is 0.500. The SMILES string of the molecule is O=S(O)NOB(O)c1ccccc1. The van der Waals surface area contributed by atoms with Crippen molar-refractivity contribution in [3.8, 4) is 0 Å². The molecule has 1 aromatic rings. The molecular formula is C6H8BNO4S. The fourth-order valence-corrected chi connectivity index (χ4v) is 0.946. The molecule has 0 spiro atoms. The molecule has 0 aliphatic heterocycles. The molecule has 0 bridgehead atoms. The fourth-order valence-electron chi connectivity index (χ4n) is 0.772. The average Bonchev–Trinajstić information content (AvgIpc) is 2.15. The van der Waals surface area contributed by atoms with Gasteiger partial charge >= 0.3 is 7.12 Å². The number of rotatable bonds is 4. The highest BCUT2D eigenvalue weighted by atomic mass is 32.2. The van der Waals surface area contributed by atoms with Gasteiger partial charge in [0.1, 0.15) is 0 Å². The molecule has 1 aromatic carbocycles. The normalized spacial score (nSPS) is 12.5. The highest BCUT2D eigenvalue weighted by Gasteiger charge is 2.16. The maximum Gasteiger partial charge on any atom is 0.509 e. The first-order chi connectivity index (χ1) is 6.20. The number of benzene rings is 1. The van der Waals surface area contributed by atoms with Crippen LogP contribution in [0.15, 0.2) is 30.3 Å². The van der Waals surface area contributed by atoms with Crippen molar-refractivity contribution >= 4 is 23.8 Å². The summed E-state index contributed by atoms with van der Waals surface area (Å²) in [5.74, 6) is 0. The van der Waals surface area contributed by atoms with Gasteiger partial charge in [0.05, 0.1) is 0 Å². The Balaban J connectivity index is 2.49. The standard InChI is InChI=1S/C6H8BNO4S/c9-7(12-8-13(10)11)6-4-2-1-3-5-6/h1-5,8-9H,(H,10,11). The molecule has 7 heteroatoms. The summed E-state index contributed by atoms with van der Waals surface area (Å²) < 4.78 is 22.8. The summed E-state index contributed by atoms with van der Waals surface area (Å²) in [6.45, 7) is 0. The molecule has 0 saturated heterocycles. The Labute approximate surface area is 78.2 Å². The van der Waals surface area contributed by atoms with Gasteiger partial charge in [-0.15, -0.1) is 4.89 Å². The Kier molecular flexibility index (Phi) is 4.06. The van der Waals surface area contributed by atoms with Gasteiger partial charge in [-0.1, -0.05) is 30.3 Å². The van der Waals surface area contributed by atoms with Gasteiger partial charge in [-0.05, 0) is 5.46 Å². The maximum absolute atomic E-state index is 10.1. The van der Waals surface area contributed by atoms with Gasteiger partial charge < -0.3 is 9.78 Å². The molecule has 0 fully saturated rings. The largest absolute Gasteiger partial charge is 0.509 e.